The quantitative estimate of drug-likeness (QED) is 0.389. The van der Waals surface area contributed by atoms with E-state index in [9.17, 15) is 24.0 Å². The zero-order valence-electron chi connectivity index (χ0n) is 17.3. The molecule has 0 aliphatic heterocycles. The molecule has 1 aromatic carbocycles. The summed E-state index contributed by atoms with van der Waals surface area (Å²) >= 11 is 0. The first kappa shape index (κ1) is 24.6. The number of methoxy groups -OCH3 is 3. The largest absolute Gasteiger partial charge is 0.469 e. The normalized spacial score (nSPS) is 13.2. The smallest absolute Gasteiger partial charge is 0.329 e. The average Bonchev–Trinajstić information content (AvgIpc) is 2.74. The minimum atomic E-state index is -1.53. The van der Waals surface area contributed by atoms with Crippen molar-refractivity contribution in [3.63, 3.8) is 0 Å². The van der Waals surface area contributed by atoms with Gasteiger partial charge in [-0.25, -0.2) is 4.79 Å². The Bertz CT molecular complexity index is 765. The Hall–Kier alpha value is -3.43. The van der Waals surface area contributed by atoms with Crippen molar-refractivity contribution in [2.24, 2.45) is 5.92 Å². The van der Waals surface area contributed by atoms with E-state index in [4.69, 9.17) is 0 Å². The van der Waals surface area contributed by atoms with Gasteiger partial charge in [0.15, 0.2) is 0 Å². The Labute approximate surface area is 174 Å². The van der Waals surface area contributed by atoms with Crippen LogP contribution in [0, 0.1) is 5.92 Å². The molecule has 0 saturated carbocycles. The monoisotopic (exact) mass is 422 g/mol. The molecule has 2 amide bonds. The van der Waals surface area contributed by atoms with Crippen LogP contribution in [0.15, 0.2) is 30.3 Å². The van der Waals surface area contributed by atoms with Gasteiger partial charge in [-0.15, -0.1) is 0 Å². The molecule has 164 valence electrons. The highest BCUT2D eigenvalue weighted by molar-refractivity contribution is 5.94. The van der Waals surface area contributed by atoms with Crippen molar-refractivity contribution in [2.45, 2.75) is 31.8 Å². The standard InChI is InChI=1S/C20H26N2O8/c1-12(23)21-15(10-13-8-6-5-7-9-13)18(25)22-17(20(27)30-4)14(19(26)29-3)11-16(24)28-2/h5-9,14-15,17H,10-11H2,1-4H3,(H,21,23)(H,22,25)/t14-,15-,17+/m1/s1. The molecule has 0 aliphatic carbocycles. The summed E-state index contributed by atoms with van der Waals surface area (Å²) in [6.45, 7) is 1.25. The molecular formula is C20H26N2O8. The Morgan fingerprint density at radius 2 is 1.47 bits per heavy atom. The predicted molar refractivity (Wildman–Crippen MR) is 104 cm³/mol. The molecule has 10 nitrogen and oxygen atoms in total. The van der Waals surface area contributed by atoms with E-state index in [2.05, 4.69) is 24.8 Å². The number of esters is 3. The molecule has 2 N–H and O–H groups in total. The van der Waals surface area contributed by atoms with E-state index in [1.54, 1.807) is 30.3 Å². The minimum Gasteiger partial charge on any atom is -0.469 e. The lowest BCUT2D eigenvalue weighted by Crippen LogP contribution is -2.56. The molecule has 0 fully saturated rings. The van der Waals surface area contributed by atoms with Gasteiger partial charge in [0.05, 0.1) is 33.7 Å². The van der Waals surface area contributed by atoms with Gasteiger partial charge >= 0.3 is 17.9 Å². The molecule has 1 rings (SSSR count). The van der Waals surface area contributed by atoms with E-state index in [0.717, 1.165) is 26.9 Å². The maximum absolute atomic E-state index is 12.9. The summed E-state index contributed by atoms with van der Waals surface area (Å²) < 4.78 is 13.9. The lowest BCUT2D eigenvalue weighted by Gasteiger charge is -2.26. The molecule has 30 heavy (non-hydrogen) atoms. The maximum Gasteiger partial charge on any atom is 0.329 e. The molecule has 10 heteroatoms. The first-order valence-electron chi connectivity index (χ1n) is 9.07. The van der Waals surface area contributed by atoms with Gasteiger partial charge in [-0.1, -0.05) is 30.3 Å². The number of ether oxygens (including phenoxy) is 3. The van der Waals surface area contributed by atoms with Gasteiger partial charge in [0.2, 0.25) is 11.8 Å². The van der Waals surface area contributed by atoms with Crippen molar-refractivity contribution in [3.8, 4) is 0 Å². The van der Waals surface area contributed by atoms with Gasteiger partial charge < -0.3 is 24.8 Å². The third kappa shape index (κ3) is 7.53. The van der Waals surface area contributed by atoms with Crippen molar-refractivity contribution in [1.82, 2.24) is 10.6 Å². The van der Waals surface area contributed by atoms with Crippen molar-refractivity contribution >= 4 is 29.7 Å². The van der Waals surface area contributed by atoms with Crippen molar-refractivity contribution in [2.75, 3.05) is 21.3 Å². The van der Waals surface area contributed by atoms with Crippen molar-refractivity contribution < 1.29 is 38.2 Å². The fraction of sp³-hybridized carbons (Fsp3) is 0.450. The number of hydrogen-bond donors (Lipinski definition) is 2. The second kappa shape index (κ2) is 12.2. The number of amides is 2. The highest BCUT2D eigenvalue weighted by atomic mass is 16.5. The highest BCUT2D eigenvalue weighted by Crippen LogP contribution is 2.15. The van der Waals surface area contributed by atoms with E-state index >= 15 is 0 Å². The molecule has 0 aromatic heterocycles. The summed E-state index contributed by atoms with van der Waals surface area (Å²) in [7, 11) is 3.27. The Morgan fingerprint density at radius 3 is 1.97 bits per heavy atom. The van der Waals surface area contributed by atoms with Crippen LogP contribution in [0.3, 0.4) is 0 Å². The van der Waals surface area contributed by atoms with Gasteiger partial charge in [-0.2, -0.15) is 0 Å². The number of benzene rings is 1. The van der Waals surface area contributed by atoms with Crippen molar-refractivity contribution in [3.05, 3.63) is 35.9 Å². The van der Waals surface area contributed by atoms with E-state index in [1.165, 1.54) is 6.92 Å². The van der Waals surface area contributed by atoms with Crippen LogP contribution in [0.2, 0.25) is 0 Å². The van der Waals surface area contributed by atoms with Crippen LogP contribution in [0.4, 0.5) is 0 Å². The molecule has 0 saturated heterocycles. The lowest BCUT2D eigenvalue weighted by atomic mass is 9.95. The molecule has 1 aromatic rings. The van der Waals surface area contributed by atoms with Gasteiger partial charge in [0, 0.05) is 13.3 Å². The minimum absolute atomic E-state index is 0.139. The van der Waals surface area contributed by atoms with Crippen LogP contribution < -0.4 is 10.6 Å². The Balaban J connectivity index is 3.15. The summed E-state index contributed by atoms with van der Waals surface area (Å²) in [6, 6.07) is 6.34. The van der Waals surface area contributed by atoms with Gasteiger partial charge in [0.1, 0.15) is 12.1 Å². The SMILES string of the molecule is COC(=O)C[C@@H](C(=O)OC)[C@H](NC(=O)[C@@H](Cc1ccccc1)NC(C)=O)C(=O)OC. The second-order valence-corrected chi connectivity index (χ2v) is 6.36. The second-order valence-electron chi connectivity index (χ2n) is 6.36. The number of hydrogen-bond acceptors (Lipinski definition) is 8. The zero-order chi connectivity index (χ0) is 22.7. The molecule has 0 unspecified atom stereocenters. The lowest BCUT2D eigenvalue weighted by molar-refractivity contribution is -0.159. The van der Waals surface area contributed by atoms with Crippen LogP contribution in [-0.4, -0.2) is 63.1 Å². The first-order valence-corrected chi connectivity index (χ1v) is 9.07. The van der Waals surface area contributed by atoms with Gasteiger partial charge in [-0.05, 0) is 5.56 Å². The topological polar surface area (TPSA) is 137 Å². The van der Waals surface area contributed by atoms with E-state index < -0.39 is 54.1 Å². The third-order valence-electron chi connectivity index (χ3n) is 4.25. The first-order chi connectivity index (χ1) is 14.2. The number of rotatable bonds is 10. The molecule has 3 atom stereocenters. The summed E-state index contributed by atoms with van der Waals surface area (Å²) in [5.41, 5.74) is 0.764. The third-order valence-corrected chi connectivity index (χ3v) is 4.25. The summed E-state index contributed by atoms with van der Waals surface area (Å²) in [5.74, 6) is -5.22. The summed E-state index contributed by atoms with van der Waals surface area (Å²) in [6.07, 6.45) is -0.382. The number of carbonyl (C=O) groups excluding carboxylic acids is 5. The number of carbonyl (C=O) groups is 5. The van der Waals surface area contributed by atoms with Crippen LogP contribution in [0.1, 0.15) is 18.9 Å². The fourth-order valence-corrected chi connectivity index (χ4v) is 2.76. The summed E-state index contributed by atoms with van der Waals surface area (Å²) in [4.78, 5) is 60.7. The molecular weight excluding hydrogens is 396 g/mol. The van der Waals surface area contributed by atoms with Crippen LogP contribution >= 0.6 is 0 Å². The van der Waals surface area contributed by atoms with E-state index in [-0.39, 0.29) is 6.42 Å². The van der Waals surface area contributed by atoms with Gasteiger partial charge in [0.25, 0.3) is 0 Å². The van der Waals surface area contributed by atoms with Crippen LogP contribution in [0.25, 0.3) is 0 Å². The van der Waals surface area contributed by atoms with Crippen LogP contribution in [0.5, 0.6) is 0 Å². The van der Waals surface area contributed by atoms with E-state index in [1.807, 2.05) is 0 Å². The Morgan fingerprint density at radius 1 is 0.867 bits per heavy atom. The van der Waals surface area contributed by atoms with Crippen molar-refractivity contribution in [1.29, 1.82) is 0 Å². The zero-order valence-corrected chi connectivity index (χ0v) is 17.3. The van der Waals surface area contributed by atoms with Gasteiger partial charge in [-0.3, -0.25) is 19.2 Å². The summed E-state index contributed by atoms with van der Waals surface area (Å²) in [5, 5.41) is 4.92. The Kier molecular flexibility index (Phi) is 10.0. The maximum atomic E-state index is 12.9. The molecule has 0 radical (unpaired) electrons. The average molecular weight is 422 g/mol. The molecule has 0 spiro atoms. The molecule has 0 bridgehead atoms. The molecule has 0 aliphatic rings. The number of nitrogens with one attached hydrogen (secondary N) is 2. The highest BCUT2D eigenvalue weighted by Gasteiger charge is 2.39. The van der Waals surface area contributed by atoms with E-state index in [0.29, 0.717) is 0 Å². The fourth-order valence-electron chi connectivity index (χ4n) is 2.76. The van der Waals surface area contributed by atoms with Crippen LogP contribution in [-0.2, 0) is 44.6 Å². The molecule has 0 heterocycles. The predicted octanol–water partition coefficient (Wildman–Crippen LogP) is -0.256.